The summed E-state index contributed by atoms with van der Waals surface area (Å²) in [6.07, 6.45) is 40.8. The molecule has 0 aliphatic rings. The smallest absolute Gasteiger partial charge is 0.00979 e. The van der Waals surface area contributed by atoms with Crippen LogP contribution in [-0.2, 0) is 0 Å². The van der Waals surface area contributed by atoms with E-state index in [9.17, 15) is 0 Å². The molecule has 0 aromatic heterocycles. The van der Waals surface area contributed by atoms with Gasteiger partial charge in [0.25, 0.3) is 0 Å². The summed E-state index contributed by atoms with van der Waals surface area (Å²) in [6.45, 7) is 0. The molecule has 0 saturated carbocycles. The summed E-state index contributed by atoms with van der Waals surface area (Å²) < 4.78 is 0. The van der Waals surface area contributed by atoms with Crippen molar-refractivity contribution in [2.75, 3.05) is 11.5 Å². The number of unbranched alkanes of at least 4 members (excludes halogenated alkanes) is 27. The molecule has 0 N–H and O–H groups in total. The van der Waals surface area contributed by atoms with E-state index < -0.39 is 0 Å². The predicted molar refractivity (Wildman–Crippen MR) is 157 cm³/mol. The first-order chi connectivity index (χ1) is 15.9. The van der Waals surface area contributed by atoms with Gasteiger partial charge in [-0.1, -0.05) is 167 Å². The summed E-state index contributed by atoms with van der Waals surface area (Å²) in [5.74, 6) is 2.14. The normalized spacial score (nSPS) is 11.4. The van der Waals surface area contributed by atoms with E-state index in [0.29, 0.717) is 0 Å². The highest BCUT2D eigenvalue weighted by atomic mass is 32.1. The van der Waals surface area contributed by atoms with Crippen LogP contribution in [0.3, 0.4) is 0 Å². The lowest BCUT2D eigenvalue weighted by Gasteiger charge is -2.04. The Morgan fingerprint density at radius 3 is 0.344 bits per heavy atom. The van der Waals surface area contributed by atoms with E-state index in [0.717, 1.165) is 11.5 Å². The number of hydrogen-bond acceptors (Lipinski definition) is 2. The maximum absolute atomic E-state index is 4.28. The topological polar surface area (TPSA) is 0 Å². The van der Waals surface area contributed by atoms with E-state index >= 15 is 0 Å². The Morgan fingerprint density at radius 1 is 0.156 bits per heavy atom. The largest absolute Gasteiger partial charge is 0.179 e. The molecule has 0 atom stereocenters. The van der Waals surface area contributed by atoms with Crippen molar-refractivity contribution < 1.29 is 0 Å². The van der Waals surface area contributed by atoms with E-state index in [1.54, 1.807) is 0 Å². The zero-order valence-corrected chi connectivity index (χ0v) is 23.9. The van der Waals surface area contributed by atoms with E-state index in [2.05, 4.69) is 25.3 Å². The minimum Gasteiger partial charge on any atom is -0.179 e. The molecule has 0 aliphatic heterocycles. The standard InChI is InChI=1S/C30H62S2/c31-29-27-25-23-21-19-17-15-13-11-9-7-5-3-1-2-4-6-8-10-12-14-16-18-20-22-24-26-28-30-32/h31-32H,1-30H2. The third kappa shape index (κ3) is 30.7. The summed E-state index contributed by atoms with van der Waals surface area (Å²) in [7, 11) is 0. The maximum Gasteiger partial charge on any atom is -0.00979 e. The monoisotopic (exact) mass is 486 g/mol. The van der Waals surface area contributed by atoms with Crippen LogP contribution in [-0.4, -0.2) is 11.5 Å². The SMILES string of the molecule is SCCCCCCCCCCCCCCCCCCCCCCCCCCCCCCS. The van der Waals surface area contributed by atoms with Gasteiger partial charge in [-0.15, -0.1) is 0 Å². The molecule has 0 bridgehead atoms. The van der Waals surface area contributed by atoms with Crippen LogP contribution in [0.1, 0.15) is 180 Å². The van der Waals surface area contributed by atoms with Gasteiger partial charge in [-0.05, 0) is 24.3 Å². The van der Waals surface area contributed by atoms with Gasteiger partial charge in [0, 0.05) is 0 Å². The molecule has 194 valence electrons. The van der Waals surface area contributed by atoms with E-state index in [4.69, 9.17) is 0 Å². The third-order valence-electron chi connectivity index (χ3n) is 7.07. The van der Waals surface area contributed by atoms with Gasteiger partial charge in [0.05, 0.1) is 0 Å². The van der Waals surface area contributed by atoms with Crippen LogP contribution in [0.4, 0.5) is 0 Å². The van der Waals surface area contributed by atoms with Crippen molar-refractivity contribution in [3.05, 3.63) is 0 Å². The second kappa shape index (κ2) is 31.7. The van der Waals surface area contributed by atoms with Crippen molar-refractivity contribution in [3.63, 3.8) is 0 Å². The van der Waals surface area contributed by atoms with E-state index in [1.807, 2.05) is 0 Å². The van der Waals surface area contributed by atoms with Gasteiger partial charge in [0.2, 0.25) is 0 Å². The van der Waals surface area contributed by atoms with Gasteiger partial charge in [0.15, 0.2) is 0 Å². The quantitative estimate of drug-likeness (QED) is 0.0762. The van der Waals surface area contributed by atoms with Crippen LogP contribution >= 0.6 is 25.3 Å². The van der Waals surface area contributed by atoms with Gasteiger partial charge in [0.1, 0.15) is 0 Å². The van der Waals surface area contributed by atoms with Crippen molar-refractivity contribution in [2.24, 2.45) is 0 Å². The van der Waals surface area contributed by atoms with Crippen LogP contribution in [0.25, 0.3) is 0 Å². The highest BCUT2D eigenvalue weighted by Gasteiger charge is 1.96. The van der Waals surface area contributed by atoms with Crippen LogP contribution < -0.4 is 0 Å². The lowest BCUT2D eigenvalue weighted by molar-refractivity contribution is 0.514. The molecule has 0 unspecified atom stereocenters. The van der Waals surface area contributed by atoms with E-state index in [-0.39, 0.29) is 0 Å². The first-order valence-corrected chi connectivity index (χ1v) is 16.4. The average Bonchev–Trinajstić information content (AvgIpc) is 2.81. The molecule has 0 heterocycles. The minimum absolute atomic E-state index is 1.07. The Balaban J connectivity index is 2.98. The van der Waals surface area contributed by atoms with Crippen molar-refractivity contribution in [1.29, 1.82) is 0 Å². The molecule has 0 aliphatic carbocycles. The average molecular weight is 487 g/mol. The fourth-order valence-corrected chi connectivity index (χ4v) is 5.27. The van der Waals surface area contributed by atoms with Gasteiger partial charge < -0.3 is 0 Å². The molecule has 0 aromatic rings. The summed E-state index contributed by atoms with van der Waals surface area (Å²) in [4.78, 5) is 0. The molecule has 32 heavy (non-hydrogen) atoms. The summed E-state index contributed by atoms with van der Waals surface area (Å²) in [5, 5.41) is 0. The lowest BCUT2D eigenvalue weighted by atomic mass is 10.0. The van der Waals surface area contributed by atoms with Gasteiger partial charge >= 0.3 is 0 Å². The predicted octanol–water partition coefficient (Wildman–Crippen LogP) is 11.8. The third-order valence-corrected chi connectivity index (χ3v) is 7.70. The highest BCUT2D eigenvalue weighted by Crippen LogP contribution is 2.16. The van der Waals surface area contributed by atoms with Crippen LogP contribution in [0.15, 0.2) is 0 Å². The minimum atomic E-state index is 1.07. The summed E-state index contributed by atoms with van der Waals surface area (Å²) >= 11 is 8.56. The van der Waals surface area contributed by atoms with Crippen molar-refractivity contribution in [3.8, 4) is 0 Å². The Morgan fingerprint density at radius 2 is 0.250 bits per heavy atom. The molecule has 0 amide bonds. The van der Waals surface area contributed by atoms with E-state index in [1.165, 1.54) is 180 Å². The molecular formula is C30H62S2. The fourth-order valence-electron chi connectivity index (χ4n) is 4.82. The van der Waals surface area contributed by atoms with Crippen LogP contribution in [0, 0.1) is 0 Å². The Hall–Kier alpha value is 0.700. The van der Waals surface area contributed by atoms with Crippen LogP contribution in [0.2, 0.25) is 0 Å². The molecule has 0 spiro atoms. The molecule has 0 nitrogen and oxygen atoms in total. The Labute approximate surface area is 216 Å². The van der Waals surface area contributed by atoms with Crippen LogP contribution in [0.5, 0.6) is 0 Å². The Bertz CT molecular complexity index is 275. The fraction of sp³-hybridized carbons (Fsp3) is 1.00. The summed E-state index contributed by atoms with van der Waals surface area (Å²) in [6, 6.07) is 0. The number of rotatable bonds is 29. The van der Waals surface area contributed by atoms with Crippen molar-refractivity contribution in [2.45, 2.75) is 180 Å². The molecule has 2 heteroatoms. The van der Waals surface area contributed by atoms with Gasteiger partial charge in [-0.3, -0.25) is 0 Å². The number of hydrogen-bond donors (Lipinski definition) is 2. The lowest BCUT2D eigenvalue weighted by Crippen LogP contribution is -1.85. The number of thiol groups is 2. The first-order valence-electron chi connectivity index (χ1n) is 15.1. The van der Waals surface area contributed by atoms with Crippen molar-refractivity contribution >= 4 is 25.3 Å². The maximum atomic E-state index is 4.28. The molecule has 0 radical (unpaired) electrons. The first kappa shape index (κ1) is 32.7. The Kier molecular flexibility index (Phi) is 32.4. The zero-order chi connectivity index (χ0) is 23.2. The molecule has 0 rings (SSSR count). The van der Waals surface area contributed by atoms with Gasteiger partial charge in [-0.25, -0.2) is 0 Å². The molecular weight excluding hydrogens is 424 g/mol. The molecule has 0 saturated heterocycles. The second-order valence-electron chi connectivity index (χ2n) is 10.3. The zero-order valence-electron chi connectivity index (χ0n) is 22.1. The second-order valence-corrected chi connectivity index (χ2v) is 11.2. The summed E-state index contributed by atoms with van der Waals surface area (Å²) in [5.41, 5.74) is 0. The molecule has 0 aromatic carbocycles. The van der Waals surface area contributed by atoms with Crippen molar-refractivity contribution in [1.82, 2.24) is 0 Å². The van der Waals surface area contributed by atoms with Gasteiger partial charge in [-0.2, -0.15) is 25.3 Å². The molecule has 0 fully saturated rings. The highest BCUT2D eigenvalue weighted by molar-refractivity contribution is 7.80.